The van der Waals surface area contributed by atoms with Crippen LogP contribution in [0.1, 0.15) is 148 Å². The number of amides is 4. The van der Waals surface area contributed by atoms with Crippen molar-refractivity contribution in [3.8, 4) is 0 Å². The summed E-state index contributed by atoms with van der Waals surface area (Å²) >= 11 is 0. The van der Waals surface area contributed by atoms with E-state index < -0.39 is 5.54 Å². The highest BCUT2D eigenvalue weighted by Crippen LogP contribution is 2.65. The van der Waals surface area contributed by atoms with Gasteiger partial charge in [0.2, 0.25) is 0 Å². The summed E-state index contributed by atoms with van der Waals surface area (Å²) in [6.45, 7) is 15.8. The Hall–Kier alpha value is -4.67. The van der Waals surface area contributed by atoms with E-state index >= 15 is 0 Å². The Morgan fingerprint density at radius 1 is 0.733 bits per heavy atom. The van der Waals surface area contributed by atoms with Crippen molar-refractivity contribution >= 4 is 23.5 Å². The number of fused-ring (bicyclic) bond motifs is 2. The van der Waals surface area contributed by atoms with Crippen molar-refractivity contribution in [1.29, 1.82) is 0 Å². The fraction of sp³-hybridized carbons (Fsp3) is 0.551. The Labute approximate surface area is 355 Å². The van der Waals surface area contributed by atoms with Gasteiger partial charge in [0.05, 0.1) is 18.6 Å². The molecule has 0 spiro atoms. The molecule has 4 amide bonds. The predicted molar refractivity (Wildman–Crippen MR) is 234 cm³/mol. The van der Waals surface area contributed by atoms with E-state index in [0.717, 1.165) is 74.8 Å². The van der Waals surface area contributed by atoms with E-state index in [0.29, 0.717) is 30.1 Å². The number of hydrogen-bond acceptors (Lipinski definition) is 4. The smallest absolute Gasteiger partial charge is 0.333 e. The van der Waals surface area contributed by atoms with Crippen molar-refractivity contribution in [2.45, 2.75) is 143 Å². The molecule has 11 heteroatoms. The van der Waals surface area contributed by atoms with Crippen molar-refractivity contribution in [2.24, 2.45) is 27.0 Å². The van der Waals surface area contributed by atoms with E-state index in [2.05, 4.69) is 50.4 Å². The fourth-order valence-corrected chi connectivity index (χ4v) is 9.89. The molecule has 3 aromatic carbocycles. The Morgan fingerprint density at radius 3 is 1.68 bits per heavy atom. The van der Waals surface area contributed by atoms with Crippen LogP contribution in [0.2, 0.25) is 0 Å². The van der Waals surface area contributed by atoms with Crippen LogP contribution in [0.3, 0.4) is 0 Å². The number of urea groups is 2. The van der Waals surface area contributed by atoms with E-state index in [1.165, 1.54) is 42.1 Å². The molecule has 5 atom stereocenters. The quantitative estimate of drug-likeness (QED) is 0.168. The number of unbranched alkanes of at least 4 members (excludes halogenated alkanes) is 4. The maximum Gasteiger partial charge on any atom is 0.338 e. The molecule has 2 unspecified atom stereocenters. The van der Waals surface area contributed by atoms with Gasteiger partial charge in [-0.2, -0.15) is 10.2 Å². The highest BCUT2D eigenvalue weighted by atomic mass is 19.1. The molecule has 0 saturated heterocycles. The van der Waals surface area contributed by atoms with Crippen molar-refractivity contribution < 1.29 is 22.8 Å². The zero-order valence-electron chi connectivity index (χ0n) is 36.7. The Bertz CT molecular complexity index is 2030. The second-order valence-electron chi connectivity index (χ2n) is 18.6. The highest BCUT2D eigenvalue weighted by molar-refractivity contribution is 5.95. The fourth-order valence-electron chi connectivity index (χ4n) is 9.89. The van der Waals surface area contributed by atoms with E-state index in [9.17, 15) is 22.8 Å². The molecule has 2 fully saturated rings. The number of halogens is 3. The number of carbonyl (C=O) groups excluding carboxylic acids is 2. The topological polar surface area (TPSA) is 89.4 Å². The molecule has 7 rings (SSSR count). The van der Waals surface area contributed by atoms with Crippen LogP contribution in [0.5, 0.6) is 0 Å². The van der Waals surface area contributed by atoms with Gasteiger partial charge in [0.15, 0.2) is 0 Å². The molecule has 0 aromatic heterocycles. The van der Waals surface area contributed by atoms with E-state index in [1.54, 1.807) is 35.3 Å². The summed E-state index contributed by atoms with van der Waals surface area (Å²) in [7, 11) is 0. The standard InChI is InChI=1S/C25H36FN3O.C24H29F2N3O/c1-5-6-7-12-21-19(18-10-8-9-11-20(18)26)16-29(28-21)23(30)27-22-15-17-13-14-25(22,4)24(17,2)3;1-4-5-6-11-22-20(19-9-7-8-10-21(19)26)16-29(28-22)23(30)27-24(2,3)17-12-14-18(25)15-13-17/h8-11,17,19,22H,5-7,12-16H2,1-4H3,(H,27,30);7-10,12-15,20H,4-6,11,16H2,1-3H3,(H,27,30)/t17-,19?,22+,25+;/m1./s1. The molecule has 2 bridgehead atoms. The van der Waals surface area contributed by atoms with Gasteiger partial charge in [-0.1, -0.05) is 109 Å². The molecule has 8 nitrogen and oxygen atoms in total. The lowest BCUT2D eigenvalue weighted by molar-refractivity contribution is 0.118. The Balaban J connectivity index is 0.000000201. The molecule has 3 aromatic rings. The van der Waals surface area contributed by atoms with Gasteiger partial charge >= 0.3 is 12.1 Å². The normalized spacial score (nSPS) is 24.2. The third-order valence-electron chi connectivity index (χ3n) is 14.2. The summed E-state index contributed by atoms with van der Waals surface area (Å²) in [5.41, 5.74) is 3.45. The average Bonchev–Trinajstić information content (AvgIpc) is 3.94. The zero-order chi connectivity index (χ0) is 43.2. The lowest BCUT2D eigenvalue weighted by Crippen LogP contribution is -2.50. The largest absolute Gasteiger partial charge is 0.338 e. The van der Waals surface area contributed by atoms with Crippen LogP contribution >= 0.6 is 0 Å². The average molecular weight is 827 g/mol. The van der Waals surface area contributed by atoms with E-state index in [-0.39, 0.29) is 58.2 Å². The van der Waals surface area contributed by atoms with Crippen molar-refractivity contribution in [3.05, 3.63) is 107 Å². The minimum Gasteiger partial charge on any atom is -0.333 e. The minimum atomic E-state index is -0.710. The van der Waals surface area contributed by atoms with Crippen molar-refractivity contribution in [2.75, 3.05) is 13.1 Å². The summed E-state index contributed by atoms with van der Waals surface area (Å²) in [5.74, 6) is -0.543. The lowest BCUT2D eigenvalue weighted by Gasteiger charge is -2.39. The Morgan fingerprint density at radius 2 is 1.23 bits per heavy atom. The number of hydrogen-bond donors (Lipinski definition) is 2. The van der Waals surface area contributed by atoms with Gasteiger partial charge in [-0.25, -0.2) is 32.8 Å². The minimum absolute atomic E-state index is 0.128. The van der Waals surface area contributed by atoms with Crippen LogP contribution in [-0.2, 0) is 5.54 Å². The van der Waals surface area contributed by atoms with Gasteiger partial charge in [0, 0.05) is 29.3 Å². The summed E-state index contributed by atoms with van der Waals surface area (Å²) in [6, 6.07) is 19.3. The number of nitrogens with zero attached hydrogens (tertiary/aromatic N) is 4. The van der Waals surface area contributed by atoms with E-state index in [1.807, 2.05) is 32.0 Å². The molecular weight excluding hydrogens is 762 g/mol. The Kier molecular flexibility index (Phi) is 14.2. The molecule has 2 N–H and O–H groups in total. The monoisotopic (exact) mass is 827 g/mol. The third-order valence-corrected chi connectivity index (χ3v) is 14.2. The molecule has 2 aliphatic heterocycles. The number of rotatable bonds is 13. The van der Waals surface area contributed by atoms with Crippen LogP contribution in [-0.4, -0.2) is 52.6 Å². The van der Waals surface area contributed by atoms with Crippen LogP contribution in [0.15, 0.2) is 83.0 Å². The van der Waals surface area contributed by atoms with Gasteiger partial charge in [-0.15, -0.1) is 0 Å². The first kappa shape index (κ1) is 44.9. The van der Waals surface area contributed by atoms with Gasteiger partial charge in [0.1, 0.15) is 17.5 Å². The molecule has 2 aliphatic carbocycles. The number of benzene rings is 3. The predicted octanol–water partition coefficient (Wildman–Crippen LogP) is 12.0. The van der Waals surface area contributed by atoms with Gasteiger partial charge < -0.3 is 10.6 Å². The zero-order valence-corrected chi connectivity index (χ0v) is 36.7. The molecule has 2 heterocycles. The first-order valence-electron chi connectivity index (χ1n) is 22.2. The van der Waals surface area contributed by atoms with Crippen LogP contribution in [0.4, 0.5) is 22.8 Å². The van der Waals surface area contributed by atoms with Crippen molar-refractivity contribution in [3.63, 3.8) is 0 Å². The SMILES string of the molecule is CCCCCC1=NN(C(=O)NC(C)(C)c2ccc(F)cc2)CC1c1ccccc1F.CCCCCC1=NN(C(=O)N[C@H]2C[C@H]3CC[C@]2(C)C3(C)C)CC1c1ccccc1F. The van der Waals surface area contributed by atoms with Gasteiger partial charge in [-0.05, 0) is 116 Å². The highest BCUT2D eigenvalue weighted by Gasteiger charge is 2.61. The molecular formula is C49H65F3N6O2. The van der Waals surface area contributed by atoms with Crippen LogP contribution < -0.4 is 10.6 Å². The van der Waals surface area contributed by atoms with Crippen LogP contribution in [0.25, 0.3) is 0 Å². The molecule has 4 aliphatic rings. The lowest BCUT2D eigenvalue weighted by atomic mass is 9.69. The van der Waals surface area contributed by atoms with Crippen LogP contribution in [0, 0.1) is 34.2 Å². The van der Waals surface area contributed by atoms with Gasteiger partial charge in [0.25, 0.3) is 0 Å². The molecule has 2 saturated carbocycles. The first-order valence-corrected chi connectivity index (χ1v) is 22.2. The summed E-state index contributed by atoms with van der Waals surface area (Å²) in [4.78, 5) is 26.2. The molecule has 0 radical (unpaired) electrons. The molecule has 60 heavy (non-hydrogen) atoms. The second-order valence-corrected chi connectivity index (χ2v) is 18.6. The number of carbonyl (C=O) groups is 2. The van der Waals surface area contributed by atoms with E-state index in [4.69, 9.17) is 5.10 Å². The van der Waals surface area contributed by atoms with Crippen molar-refractivity contribution in [1.82, 2.24) is 20.7 Å². The summed E-state index contributed by atoms with van der Waals surface area (Å²) in [5, 5.41) is 18.5. The number of nitrogens with one attached hydrogen (secondary N) is 2. The molecule has 324 valence electrons. The first-order chi connectivity index (χ1) is 28.6. The maximum absolute atomic E-state index is 14.5. The summed E-state index contributed by atoms with van der Waals surface area (Å²) < 4.78 is 42.2. The second kappa shape index (κ2) is 18.9. The number of hydrazone groups is 2. The maximum atomic E-state index is 14.5. The third kappa shape index (κ3) is 9.60. The summed E-state index contributed by atoms with van der Waals surface area (Å²) in [6.07, 6.45) is 11.4. The van der Waals surface area contributed by atoms with Gasteiger partial charge in [-0.3, -0.25) is 0 Å².